The first-order valence-corrected chi connectivity index (χ1v) is 6.50. The zero-order chi connectivity index (χ0) is 14.0. The highest BCUT2D eigenvalue weighted by molar-refractivity contribution is 5.79. The maximum atomic E-state index is 11.9. The molecule has 2 aromatic rings. The topological polar surface area (TPSA) is 50.1 Å². The van der Waals surface area contributed by atoms with Crippen molar-refractivity contribution in [2.45, 2.75) is 12.0 Å². The van der Waals surface area contributed by atoms with E-state index in [0.29, 0.717) is 6.42 Å². The molecule has 0 spiro atoms. The number of carbonyl (C=O) groups excluding carboxylic acids is 1. The first-order chi connectivity index (χ1) is 9.76. The van der Waals surface area contributed by atoms with E-state index < -0.39 is 17.5 Å². The van der Waals surface area contributed by atoms with Gasteiger partial charge in [-0.2, -0.15) is 5.26 Å². The van der Waals surface area contributed by atoms with Crippen LogP contribution in [0.25, 0.3) is 0 Å². The van der Waals surface area contributed by atoms with Crippen LogP contribution in [0.4, 0.5) is 0 Å². The van der Waals surface area contributed by atoms with E-state index in [1.807, 2.05) is 66.7 Å². The monoisotopic (exact) mass is 263 g/mol. The highest BCUT2D eigenvalue weighted by Gasteiger charge is 2.49. The lowest BCUT2D eigenvalue weighted by Gasteiger charge is -2.28. The Balaban J connectivity index is 2.16. The largest absolute Gasteiger partial charge is 0.448 e. The van der Waals surface area contributed by atoms with Crippen molar-refractivity contribution in [3.8, 4) is 6.07 Å². The van der Waals surface area contributed by atoms with Crippen molar-refractivity contribution in [2.24, 2.45) is 5.92 Å². The quantitative estimate of drug-likeness (QED) is 0.782. The van der Waals surface area contributed by atoms with E-state index in [1.165, 1.54) is 0 Å². The number of carbonyl (C=O) groups is 1. The second kappa shape index (κ2) is 4.82. The second-order valence-corrected chi connectivity index (χ2v) is 4.87. The van der Waals surface area contributed by atoms with Gasteiger partial charge in [0, 0.05) is 17.5 Å². The first kappa shape index (κ1) is 12.4. The van der Waals surface area contributed by atoms with E-state index >= 15 is 0 Å². The van der Waals surface area contributed by atoms with Crippen LogP contribution in [0.2, 0.25) is 0 Å². The van der Waals surface area contributed by atoms with Crippen LogP contribution < -0.4 is 0 Å². The van der Waals surface area contributed by atoms with Crippen molar-refractivity contribution in [3.05, 3.63) is 71.8 Å². The lowest BCUT2D eigenvalue weighted by Crippen LogP contribution is -2.27. The Morgan fingerprint density at radius 3 is 1.90 bits per heavy atom. The van der Waals surface area contributed by atoms with Crippen molar-refractivity contribution in [3.63, 3.8) is 0 Å². The molecule has 1 aliphatic heterocycles. The van der Waals surface area contributed by atoms with Crippen LogP contribution in [0.3, 0.4) is 0 Å². The zero-order valence-corrected chi connectivity index (χ0v) is 10.8. The van der Waals surface area contributed by atoms with Crippen molar-refractivity contribution in [2.75, 3.05) is 0 Å². The van der Waals surface area contributed by atoms with E-state index in [1.54, 1.807) is 0 Å². The van der Waals surface area contributed by atoms with Gasteiger partial charge >= 0.3 is 5.97 Å². The van der Waals surface area contributed by atoms with Crippen LogP contribution >= 0.6 is 0 Å². The average molecular weight is 263 g/mol. The Kier molecular flexibility index (Phi) is 3.00. The molecule has 1 saturated heterocycles. The fourth-order valence-corrected chi connectivity index (χ4v) is 2.69. The minimum Gasteiger partial charge on any atom is -0.448 e. The number of nitriles is 1. The normalized spacial score (nSPS) is 20.1. The van der Waals surface area contributed by atoms with Crippen molar-refractivity contribution >= 4 is 5.97 Å². The maximum Gasteiger partial charge on any atom is 0.324 e. The van der Waals surface area contributed by atoms with Gasteiger partial charge in [-0.25, -0.2) is 0 Å². The summed E-state index contributed by atoms with van der Waals surface area (Å²) in [5.41, 5.74) is 0.953. The van der Waals surface area contributed by atoms with Gasteiger partial charge in [-0.3, -0.25) is 4.79 Å². The highest BCUT2D eigenvalue weighted by Crippen LogP contribution is 2.44. The third-order valence-corrected chi connectivity index (χ3v) is 3.69. The summed E-state index contributed by atoms with van der Waals surface area (Å²) < 4.78 is 5.66. The van der Waals surface area contributed by atoms with Crippen molar-refractivity contribution in [1.82, 2.24) is 0 Å². The standard InChI is InChI=1S/C17H13NO2/c18-12-13-11-17(20-16(13)19,14-7-3-1-4-8-14)15-9-5-2-6-10-15/h1-10,13H,11H2. The molecule has 1 aliphatic rings. The van der Waals surface area contributed by atoms with Gasteiger partial charge < -0.3 is 4.74 Å². The summed E-state index contributed by atoms with van der Waals surface area (Å²) in [6, 6.07) is 21.2. The molecular formula is C17H13NO2. The molecule has 0 bridgehead atoms. The lowest BCUT2D eigenvalue weighted by molar-refractivity contribution is -0.147. The number of esters is 1. The van der Waals surface area contributed by atoms with Crippen LogP contribution in [0, 0.1) is 17.2 Å². The van der Waals surface area contributed by atoms with Gasteiger partial charge in [0.15, 0.2) is 5.60 Å². The minimum absolute atomic E-state index is 0.357. The molecule has 3 nitrogen and oxygen atoms in total. The molecule has 1 fully saturated rings. The molecule has 0 saturated carbocycles. The zero-order valence-electron chi connectivity index (χ0n) is 10.8. The maximum absolute atomic E-state index is 11.9. The molecule has 98 valence electrons. The molecule has 20 heavy (non-hydrogen) atoms. The number of cyclic esters (lactones) is 1. The highest BCUT2D eigenvalue weighted by atomic mass is 16.6. The number of hydrogen-bond acceptors (Lipinski definition) is 3. The predicted molar refractivity (Wildman–Crippen MR) is 73.5 cm³/mol. The molecule has 3 heteroatoms. The SMILES string of the molecule is N#CC1CC(c2ccccc2)(c2ccccc2)OC1=O. The van der Waals surface area contributed by atoms with Gasteiger partial charge in [0.1, 0.15) is 5.92 Å². The summed E-state index contributed by atoms with van der Waals surface area (Å²) in [7, 11) is 0. The summed E-state index contributed by atoms with van der Waals surface area (Å²) in [5.74, 6) is -1.16. The molecule has 1 atom stereocenters. The number of rotatable bonds is 2. The Bertz CT molecular complexity index is 619. The van der Waals surface area contributed by atoms with Crippen molar-refractivity contribution in [1.29, 1.82) is 5.26 Å². The predicted octanol–water partition coefficient (Wildman–Crippen LogP) is 3.02. The Morgan fingerprint density at radius 1 is 1.00 bits per heavy atom. The molecule has 3 rings (SSSR count). The van der Waals surface area contributed by atoms with E-state index in [2.05, 4.69) is 0 Å². The Morgan fingerprint density at radius 2 is 1.50 bits per heavy atom. The van der Waals surface area contributed by atoms with Gasteiger partial charge in [-0.15, -0.1) is 0 Å². The summed E-state index contributed by atoms with van der Waals surface area (Å²) in [4.78, 5) is 11.9. The molecular weight excluding hydrogens is 250 g/mol. The molecule has 1 unspecified atom stereocenters. The van der Waals surface area contributed by atoms with Crippen LogP contribution in [-0.2, 0) is 15.1 Å². The van der Waals surface area contributed by atoms with Gasteiger partial charge in [-0.1, -0.05) is 60.7 Å². The second-order valence-electron chi connectivity index (χ2n) is 4.87. The van der Waals surface area contributed by atoms with Crippen LogP contribution in [-0.4, -0.2) is 5.97 Å². The van der Waals surface area contributed by atoms with Crippen LogP contribution in [0.15, 0.2) is 60.7 Å². The number of hydrogen-bond donors (Lipinski definition) is 0. The summed E-state index contributed by atoms with van der Waals surface area (Å²) in [6.07, 6.45) is 0.357. The molecule has 0 amide bonds. The summed E-state index contributed by atoms with van der Waals surface area (Å²) in [6.45, 7) is 0. The Labute approximate surface area is 117 Å². The van der Waals surface area contributed by atoms with Crippen LogP contribution in [0.5, 0.6) is 0 Å². The van der Waals surface area contributed by atoms with E-state index in [9.17, 15) is 4.79 Å². The van der Waals surface area contributed by atoms with E-state index in [0.717, 1.165) is 11.1 Å². The lowest BCUT2D eigenvalue weighted by atomic mass is 9.82. The van der Waals surface area contributed by atoms with E-state index in [4.69, 9.17) is 10.00 Å². The Hall–Kier alpha value is -2.60. The third-order valence-electron chi connectivity index (χ3n) is 3.69. The van der Waals surface area contributed by atoms with Crippen molar-refractivity contribution < 1.29 is 9.53 Å². The molecule has 0 radical (unpaired) electrons. The van der Waals surface area contributed by atoms with Gasteiger partial charge in [0.05, 0.1) is 6.07 Å². The molecule has 1 heterocycles. The number of benzene rings is 2. The minimum atomic E-state index is -0.847. The number of ether oxygens (including phenoxy) is 1. The summed E-state index contributed by atoms with van der Waals surface area (Å²) in [5, 5.41) is 9.11. The molecule has 0 aliphatic carbocycles. The first-order valence-electron chi connectivity index (χ1n) is 6.50. The van der Waals surface area contributed by atoms with E-state index in [-0.39, 0.29) is 0 Å². The average Bonchev–Trinajstić information content (AvgIpc) is 2.87. The van der Waals surface area contributed by atoms with Gasteiger partial charge in [0.25, 0.3) is 0 Å². The fraction of sp³-hybridized carbons (Fsp3) is 0.176. The molecule has 0 aromatic heterocycles. The molecule has 0 N–H and O–H groups in total. The summed E-state index contributed by atoms with van der Waals surface area (Å²) >= 11 is 0. The fourth-order valence-electron chi connectivity index (χ4n) is 2.69. The van der Waals surface area contributed by atoms with Gasteiger partial charge in [0.2, 0.25) is 0 Å². The third kappa shape index (κ3) is 1.86. The van der Waals surface area contributed by atoms with Gasteiger partial charge in [-0.05, 0) is 0 Å². The smallest absolute Gasteiger partial charge is 0.324 e. The van der Waals surface area contributed by atoms with Crippen LogP contribution in [0.1, 0.15) is 17.5 Å². The number of nitrogens with zero attached hydrogens (tertiary/aromatic N) is 1. The molecule has 2 aromatic carbocycles.